The second-order valence-corrected chi connectivity index (χ2v) is 3.66. The minimum atomic E-state index is -0.891. The predicted molar refractivity (Wildman–Crippen MR) is 55.9 cm³/mol. The molecule has 1 aromatic rings. The summed E-state index contributed by atoms with van der Waals surface area (Å²) in [5, 5.41) is 8.72. The highest BCUT2D eigenvalue weighted by Gasteiger charge is 2.09. The minimum absolute atomic E-state index is 0.216. The van der Waals surface area contributed by atoms with Crippen LogP contribution in [0.2, 0.25) is 0 Å². The van der Waals surface area contributed by atoms with Gasteiger partial charge in [0.25, 0.3) is 0 Å². The third-order valence-electron chi connectivity index (χ3n) is 2.07. The van der Waals surface area contributed by atoms with Crippen molar-refractivity contribution in [1.29, 1.82) is 0 Å². The summed E-state index contributed by atoms with van der Waals surface area (Å²) in [5.74, 6) is -0.675. The number of carboxylic acids is 1. The smallest absolute Gasteiger partial charge is 0.328 e. The number of hydrogen-bond donors (Lipinski definition) is 1. The molecule has 0 unspecified atom stereocenters. The Balaban J connectivity index is 3.06. The van der Waals surface area contributed by atoms with Gasteiger partial charge in [0.2, 0.25) is 0 Å². The molecule has 0 fully saturated rings. The van der Waals surface area contributed by atoms with E-state index in [1.165, 1.54) is 6.08 Å². The summed E-state index contributed by atoms with van der Waals surface area (Å²) >= 11 is 0. The van der Waals surface area contributed by atoms with E-state index >= 15 is 0 Å². The summed E-state index contributed by atoms with van der Waals surface area (Å²) in [6.45, 7) is 3.98. The molecule has 0 radical (unpaired) electrons. The summed E-state index contributed by atoms with van der Waals surface area (Å²) in [6.07, 6.45) is 5.11. The molecule has 1 N–H and O–H groups in total. The lowest BCUT2D eigenvalue weighted by molar-refractivity contribution is -0.131. The van der Waals surface area contributed by atoms with Crippen LogP contribution in [0.25, 0.3) is 5.57 Å². The fourth-order valence-electron chi connectivity index (χ4n) is 1.39. The maximum Gasteiger partial charge on any atom is 0.328 e. The van der Waals surface area contributed by atoms with Crippen molar-refractivity contribution in [2.75, 3.05) is 0 Å². The lowest BCUT2D eigenvalue weighted by Gasteiger charge is -2.08. The molecule has 0 aliphatic heterocycles. The average molecular weight is 193 g/mol. The number of allylic oxidation sites excluding steroid dienone is 1. The Hall–Kier alpha value is -1.51. The summed E-state index contributed by atoms with van der Waals surface area (Å²) in [5.41, 5.74) is 1.84. The summed E-state index contributed by atoms with van der Waals surface area (Å²) < 4.78 is 1.91. The number of rotatable bonds is 3. The number of aliphatic carboxylic acids is 1. The normalized spacial score (nSPS) is 12.1. The Morgan fingerprint density at radius 1 is 1.57 bits per heavy atom. The zero-order valence-electron chi connectivity index (χ0n) is 8.69. The molecule has 0 aliphatic rings. The third kappa shape index (κ3) is 2.49. The summed E-state index contributed by atoms with van der Waals surface area (Å²) in [7, 11) is 1.92. The van der Waals surface area contributed by atoms with Crippen molar-refractivity contribution in [3.05, 3.63) is 30.1 Å². The highest BCUT2D eigenvalue weighted by atomic mass is 16.4. The van der Waals surface area contributed by atoms with Crippen molar-refractivity contribution < 1.29 is 9.90 Å². The first-order valence-corrected chi connectivity index (χ1v) is 4.57. The van der Waals surface area contributed by atoms with E-state index < -0.39 is 5.97 Å². The molecule has 1 heterocycles. The maximum atomic E-state index is 10.6. The van der Waals surface area contributed by atoms with Gasteiger partial charge in [0, 0.05) is 25.5 Å². The van der Waals surface area contributed by atoms with E-state index in [-0.39, 0.29) is 5.92 Å². The fraction of sp³-hybridized carbons (Fsp3) is 0.364. The van der Waals surface area contributed by atoms with E-state index in [2.05, 4.69) is 0 Å². The zero-order valence-corrected chi connectivity index (χ0v) is 8.69. The van der Waals surface area contributed by atoms with Crippen LogP contribution >= 0.6 is 0 Å². The molecule has 0 spiro atoms. The van der Waals surface area contributed by atoms with Crippen LogP contribution in [0.4, 0.5) is 0 Å². The fourth-order valence-corrected chi connectivity index (χ4v) is 1.39. The van der Waals surface area contributed by atoms with E-state index in [4.69, 9.17) is 5.11 Å². The van der Waals surface area contributed by atoms with Gasteiger partial charge >= 0.3 is 5.97 Å². The number of hydrogen-bond acceptors (Lipinski definition) is 1. The standard InChI is InChI=1S/C11H15NO2/c1-8(2)10(6-11(13)14)9-4-5-12(3)7-9/h4-8H,1-3H3,(H,13,14)/b10-6-. The first-order chi connectivity index (χ1) is 6.50. The van der Waals surface area contributed by atoms with Crippen LogP contribution < -0.4 is 0 Å². The molecule has 3 nitrogen and oxygen atoms in total. The van der Waals surface area contributed by atoms with E-state index in [0.717, 1.165) is 11.1 Å². The molecule has 0 aromatic carbocycles. The van der Waals surface area contributed by atoms with Gasteiger partial charge in [-0.15, -0.1) is 0 Å². The third-order valence-corrected chi connectivity index (χ3v) is 2.07. The summed E-state index contributed by atoms with van der Waals surface area (Å²) in [4.78, 5) is 10.6. The average Bonchev–Trinajstić information content (AvgIpc) is 2.46. The number of carbonyl (C=O) groups is 1. The maximum absolute atomic E-state index is 10.6. The zero-order chi connectivity index (χ0) is 10.7. The number of aromatic nitrogens is 1. The van der Waals surface area contributed by atoms with Gasteiger partial charge in [-0.05, 0) is 23.1 Å². The van der Waals surface area contributed by atoms with Gasteiger partial charge in [-0.2, -0.15) is 0 Å². The summed E-state index contributed by atoms with van der Waals surface area (Å²) in [6, 6.07) is 1.93. The molecule has 0 amide bonds. The highest BCUT2D eigenvalue weighted by Crippen LogP contribution is 2.22. The predicted octanol–water partition coefficient (Wildman–Crippen LogP) is 2.15. The van der Waals surface area contributed by atoms with Crippen molar-refractivity contribution >= 4 is 11.5 Å². The quantitative estimate of drug-likeness (QED) is 0.747. The van der Waals surface area contributed by atoms with Crippen LogP contribution in [-0.4, -0.2) is 15.6 Å². The molecule has 76 valence electrons. The van der Waals surface area contributed by atoms with Crippen molar-refractivity contribution in [2.45, 2.75) is 13.8 Å². The SMILES string of the molecule is CC(C)/C(=C/C(=O)O)c1ccn(C)c1. The van der Waals surface area contributed by atoms with Crippen LogP contribution in [0.15, 0.2) is 24.5 Å². The number of nitrogens with zero attached hydrogens (tertiary/aromatic N) is 1. The largest absolute Gasteiger partial charge is 0.478 e. The molecule has 1 aromatic heterocycles. The Labute approximate surface area is 83.7 Å². The molecule has 0 bridgehead atoms. The molecule has 14 heavy (non-hydrogen) atoms. The molecule has 0 saturated carbocycles. The van der Waals surface area contributed by atoms with Crippen LogP contribution in [0.1, 0.15) is 19.4 Å². The van der Waals surface area contributed by atoms with E-state index in [1.54, 1.807) is 0 Å². The molecule has 0 atom stereocenters. The minimum Gasteiger partial charge on any atom is -0.478 e. The molecule has 0 aliphatic carbocycles. The van der Waals surface area contributed by atoms with Gasteiger partial charge in [-0.3, -0.25) is 0 Å². The first kappa shape index (κ1) is 10.6. The van der Waals surface area contributed by atoms with Gasteiger partial charge < -0.3 is 9.67 Å². The van der Waals surface area contributed by atoms with Gasteiger partial charge in [0.1, 0.15) is 0 Å². The van der Waals surface area contributed by atoms with Crippen LogP contribution in [0, 0.1) is 5.92 Å². The van der Waals surface area contributed by atoms with Crippen molar-refractivity contribution in [3.63, 3.8) is 0 Å². The molecule has 3 heteroatoms. The molecular weight excluding hydrogens is 178 g/mol. The van der Waals surface area contributed by atoms with E-state index in [0.29, 0.717) is 0 Å². The van der Waals surface area contributed by atoms with Crippen molar-refractivity contribution in [3.8, 4) is 0 Å². The molecule has 0 saturated heterocycles. The monoisotopic (exact) mass is 193 g/mol. The van der Waals surface area contributed by atoms with Crippen LogP contribution in [-0.2, 0) is 11.8 Å². The second kappa shape index (κ2) is 4.13. The van der Waals surface area contributed by atoms with Gasteiger partial charge in [0.05, 0.1) is 0 Å². The van der Waals surface area contributed by atoms with Crippen molar-refractivity contribution in [2.24, 2.45) is 13.0 Å². The Kier molecular flexibility index (Phi) is 3.12. The van der Waals surface area contributed by atoms with Gasteiger partial charge in [-0.1, -0.05) is 13.8 Å². The topological polar surface area (TPSA) is 42.2 Å². The lowest BCUT2D eigenvalue weighted by atomic mass is 9.97. The van der Waals surface area contributed by atoms with Crippen LogP contribution in [0.3, 0.4) is 0 Å². The Bertz CT molecular complexity index is 361. The number of aryl methyl sites for hydroxylation is 1. The number of carboxylic acid groups (broad SMARTS) is 1. The molecule has 1 rings (SSSR count). The van der Waals surface area contributed by atoms with Gasteiger partial charge in [-0.25, -0.2) is 4.79 Å². The first-order valence-electron chi connectivity index (χ1n) is 4.57. The van der Waals surface area contributed by atoms with Crippen LogP contribution in [0.5, 0.6) is 0 Å². The Morgan fingerprint density at radius 2 is 2.21 bits per heavy atom. The van der Waals surface area contributed by atoms with E-state index in [1.807, 2.05) is 43.9 Å². The second-order valence-electron chi connectivity index (χ2n) is 3.66. The lowest BCUT2D eigenvalue weighted by Crippen LogP contribution is -1.97. The highest BCUT2D eigenvalue weighted by molar-refractivity contribution is 5.90. The Morgan fingerprint density at radius 3 is 2.57 bits per heavy atom. The molecular formula is C11H15NO2. The van der Waals surface area contributed by atoms with Gasteiger partial charge in [0.15, 0.2) is 0 Å². The van der Waals surface area contributed by atoms with Crippen molar-refractivity contribution in [1.82, 2.24) is 4.57 Å². The van der Waals surface area contributed by atoms with E-state index in [9.17, 15) is 4.79 Å².